The molecule has 3 aromatic rings. The van der Waals surface area contributed by atoms with Crippen LogP contribution in [0.25, 0.3) is 11.4 Å². The number of benzene rings is 2. The molecule has 0 spiro atoms. The molecule has 118 valence electrons. The van der Waals surface area contributed by atoms with E-state index in [2.05, 4.69) is 10.1 Å². The topological polar surface area (TPSA) is 57.4 Å². The molecule has 0 fully saturated rings. The van der Waals surface area contributed by atoms with E-state index in [1.807, 2.05) is 18.2 Å². The summed E-state index contributed by atoms with van der Waals surface area (Å²) in [4.78, 5) is 4.24. The number of hydrogen-bond acceptors (Lipinski definition) is 5. The maximum Gasteiger partial charge on any atom is 0.264 e. The molecule has 1 heterocycles. The maximum atomic E-state index is 13.0. The van der Waals surface area contributed by atoms with Crippen LogP contribution in [0.5, 0.6) is 11.5 Å². The standard InChI is InChI=1S/C16H12ClFN2O3/c1-21-12-4-2-3-10(7-12)16-19-15(23-20-16)9-22-14-6-5-11(18)8-13(14)17/h2-8H,9H2,1H3. The summed E-state index contributed by atoms with van der Waals surface area (Å²) in [5, 5.41) is 4.07. The van der Waals surface area contributed by atoms with E-state index in [0.29, 0.717) is 17.3 Å². The Morgan fingerprint density at radius 1 is 1.22 bits per heavy atom. The van der Waals surface area contributed by atoms with Crippen LogP contribution in [0.15, 0.2) is 47.0 Å². The first-order chi connectivity index (χ1) is 11.2. The van der Waals surface area contributed by atoms with Crippen molar-refractivity contribution >= 4 is 11.6 Å². The minimum absolute atomic E-state index is 0.0301. The Morgan fingerprint density at radius 2 is 2.09 bits per heavy atom. The van der Waals surface area contributed by atoms with Crippen molar-refractivity contribution < 1.29 is 18.4 Å². The molecule has 3 rings (SSSR count). The van der Waals surface area contributed by atoms with Gasteiger partial charge < -0.3 is 14.0 Å². The van der Waals surface area contributed by atoms with E-state index in [4.69, 9.17) is 25.6 Å². The summed E-state index contributed by atoms with van der Waals surface area (Å²) in [5.41, 5.74) is 0.763. The van der Waals surface area contributed by atoms with Gasteiger partial charge in [-0.15, -0.1) is 0 Å². The van der Waals surface area contributed by atoms with Crippen molar-refractivity contribution in [3.63, 3.8) is 0 Å². The van der Waals surface area contributed by atoms with Crippen LogP contribution in [0.1, 0.15) is 5.89 Å². The second kappa shape index (κ2) is 6.66. The summed E-state index contributed by atoms with van der Waals surface area (Å²) in [7, 11) is 1.58. The Kier molecular flexibility index (Phi) is 4.43. The predicted octanol–water partition coefficient (Wildman–Crippen LogP) is 4.12. The van der Waals surface area contributed by atoms with Crippen molar-refractivity contribution in [2.45, 2.75) is 6.61 Å². The molecule has 0 unspecified atom stereocenters. The van der Waals surface area contributed by atoms with E-state index in [-0.39, 0.29) is 17.5 Å². The number of halogens is 2. The first-order valence-corrected chi connectivity index (χ1v) is 7.08. The fourth-order valence-electron chi connectivity index (χ4n) is 1.92. The zero-order chi connectivity index (χ0) is 16.2. The molecule has 0 aliphatic rings. The van der Waals surface area contributed by atoms with Crippen molar-refractivity contribution in [1.82, 2.24) is 10.1 Å². The molecule has 1 aromatic heterocycles. The Hall–Kier alpha value is -2.60. The van der Waals surface area contributed by atoms with Gasteiger partial charge in [0.15, 0.2) is 6.61 Å². The van der Waals surface area contributed by atoms with Crippen LogP contribution < -0.4 is 9.47 Å². The molecule has 0 saturated carbocycles. The number of hydrogen-bond donors (Lipinski definition) is 0. The number of ether oxygens (including phenoxy) is 2. The van der Waals surface area contributed by atoms with Gasteiger partial charge in [-0.25, -0.2) is 4.39 Å². The summed E-state index contributed by atoms with van der Waals surface area (Å²) in [6.45, 7) is 0.0301. The fraction of sp³-hybridized carbons (Fsp3) is 0.125. The van der Waals surface area contributed by atoms with Gasteiger partial charge in [0.05, 0.1) is 12.1 Å². The van der Waals surface area contributed by atoms with Crippen molar-refractivity contribution in [2.24, 2.45) is 0 Å². The van der Waals surface area contributed by atoms with Gasteiger partial charge in [0.25, 0.3) is 5.89 Å². The van der Waals surface area contributed by atoms with Gasteiger partial charge in [0.2, 0.25) is 5.82 Å². The average Bonchev–Trinajstić information content (AvgIpc) is 3.03. The summed E-state index contributed by atoms with van der Waals surface area (Å²) >= 11 is 5.88. The minimum Gasteiger partial charge on any atom is -0.497 e. The van der Waals surface area contributed by atoms with Gasteiger partial charge in [0.1, 0.15) is 17.3 Å². The highest BCUT2D eigenvalue weighted by Crippen LogP contribution is 2.26. The summed E-state index contributed by atoms with van der Waals surface area (Å²) in [6, 6.07) is 11.2. The lowest BCUT2D eigenvalue weighted by atomic mass is 10.2. The summed E-state index contributed by atoms with van der Waals surface area (Å²) in [6.07, 6.45) is 0. The van der Waals surface area contributed by atoms with Crippen LogP contribution in [0.4, 0.5) is 4.39 Å². The second-order valence-corrected chi connectivity index (χ2v) is 5.01. The highest BCUT2D eigenvalue weighted by molar-refractivity contribution is 6.32. The Morgan fingerprint density at radius 3 is 2.87 bits per heavy atom. The third-order valence-electron chi connectivity index (χ3n) is 3.04. The zero-order valence-corrected chi connectivity index (χ0v) is 12.9. The normalized spacial score (nSPS) is 10.6. The first-order valence-electron chi connectivity index (χ1n) is 6.70. The molecule has 23 heavy (non-hydrogen) atoms. The molecular weight excluding hydrogens is 323 g/mol. The molecule has 5 nitrogen and oxygen atoms in total. The molecule has 0 radical (unpaired) electrons. The molecule has 7 heteroatoms. The predicted molar refractivity (Wildman–Crippen MR) is 82.0 cm³/mol. The van der Waals surface area contributed by atoms with Gasteiger partial charge in [-0.2, -0.15) is 4.98 Å². The number of rotatable bonds is 5. The van der Waals surface area contributed by atoms with Gasteiger partial charge in [-0.1, -0.05) is 28.9 Å². The van der Waals surface area contributed by atoms with Crippen LogP contribution in [0.2, 0.25) is 5.02 Å². The Balaban J connectivity index is 1.72. The van der Waals surface area contributed by atoms with Crippen LogP contribution in [-0.4, -0.2) is 17.3 Å². The highest BCUT2D eigenvalue weighted by Gasteiger charge is 2.11. The lowest BCUT2D eigenvalue weighted by Crippen LogP contribution is -1.96. The zero-order valence-electron chi connectivity index (χ0n) is 12.1. The van der Waals surface area contributed by atoms with Crippen LogP contribution >= 0.6 is 11.6 Å². The second-order valence-electron chi connectivity index (χ2n) is 4.61. The summed E-state index contributed by atoms with van der Waals surface area (Å²) in [5.74, 6) is 1.31. The van der Waals surface area contributed by atoms with E-state index in [0.717, 1.165) is 5.56 Å². The third kappa shape index (κ3) is 3.60. The molecular formula is C16H12ClFN2O3. The first kappa shape index (κ1) is 15.3. The minimum atomic E-state index is -0.430. The largest absolute Gasteiger partial charge is 0.497 e. The van der Waals surface area contributed by atoms with Crippen molar-refractivity contribution in [3.8, 4) is 22.9 Å². The molecule has 2 aromatic carbocycles. The monoisotopic (exact) mass is 334 g/mol. The van der Waals surface area contributed by atoms with Gasteiger partial charge in [0, 0.05) is 5.56 Å². The van der Waals surface area contributed by atoms with E-state index < -0.39 is 5.82 Å². The van der Waals surface area contributed by atoms with Gasteiger partial charge >= 0.3 is 0 Å². The Labute approximate surface area is 136 Å². The van der Waals surface area contributed by atoms with Crippen molar-refractivity contribution in [3.05, 3.63) is 59.2 Å². The van der Waals surface area contributed by atoms with Crippen LogP contribution in [0, 0.1) is 5.82 Å². The molecule has 0 aliphatic carbocycles. The van der Waals surface area contributed by atoms with Gasteiger partial charge in [-0.3, -0.25) is 0 Å². The molecule has 0 atom stereocenters. The molecule has 0 aliphatic heterocycles. The lowest BCUT2D eigenvalue weighted by Gasteiger charge is -2.04. The van der Waals surface area contributed by atoms with Crippen molar-refractivity contribution in [2.75, 3.05) is 7.11 Å². The fourth-order valence-corrected chi connectivity index (χ4v) is 2.15. The smallest absolute Gasteiger partial charge is 0.264 e. The Bertz CT molecular complexity index is 823. The highest BCUT2D eigenvalue weighted by atomic mass is 35.5. The number of methoxy groups -OCH3 is 1. The lowest BCUT2D eigenvalue weighted by molar-refractivity contribution is 0.243. The van der Waals surface area contributed by atoms with Crippen LogP contribution in [-0.2, 0) is 6.61 Å². The molecule has 0 N–H and O–H groups in total. The number of nitrogens with zero attached hydrogens (tertiary/aromatic N) is 2. The van der Waals surface area contributed by atoms with Crippen LogP contribution in [0.3, 0.4) is 0 Å². The molecule has 0 amide bonds. The van der Waals surface area contributed by atoms with Crippen molar-refractivity contribution in [1.29, 1.82) is 0 Å². The summed E-state index contributed by atoms with van der Waals surface area (Å²) < 4.78 is 28.7. The quantitative estimate of drug-likeness (QED) is 0.702. The van der Waals surface area contributed by atoms with E-state index in [1.165, 1.54) is 18.2 Å². The van der Waals surface area contributed by atoms with E-state index in [9.17, 15) is 4.39 Å². The molecule has 0 bridgehead atoms. The van der Waals surface area contributed by atoms with E-state index in [1.54, 1.807) is 13.2 Å². The number of aromatic nitrogens is 2. The average molecular weight is 335 g/mol. The van der Waals surface area contributed by atoms with E-state index >= 15 is 0 Å². The maximum absolute atomic E-state index is 13.0. The molecule has 0 saturated heterocycles. The van der Waals surface area contributed by atoms with Gasteiger partial charge in [-0.05, 0) is 30.3 Å². The third-order valence-corrected chi connectivity index (χ3v) is 3.34. The SMILES string of the molecule is COc1cccc(-c2noc(COc3ccc(F)cc3Cl)n2)c1.